The fourth-order valence-electron chi connectivity index (χ4n) is 3.24. The number of aliphatic carboxylic acids is 1. The Labute approximate surface area is 79.3 Å². The third-order valence-electron chi connectivity index (χ3n) is 4.01. The Hall–Kier alpha value is -0.530. The quantitative estimate of drug-likeness (QED) is 0.677. The van der Waals surface area contributed by atoms with E-state index in [1.165, 1.54) is 25.7 Å². The first-order valence-electron chi connectivity index (χ1n) is 5.35. The zero-order valence-electron chi connectivity index (χ0n) is 8.25. The van der Waals surface area contributed by atoms with Crippen LogP contribution in [0.2, 0.25) is 0 Å². The maximum atomic E-state index is 11.1. The van der Waals surface area contributed by atoms with Crippen molar-refractivity contribution < 1.29 is 9.90 Å². The molecule has 2 saturated carbocycles. The number of carboxylic acids is 1. The lowest BCUT2D eigenvalue weighted by Gasteiger charge is -2.24. The molecule has 0 spiro atoms. The van der Waals surface area contributed by atoms with Crippen LogP contribution in [0.3, 0.4) is 0 Å². The summed E-state index contributed by atoms with van der Waals surface area (Å²) < 4.78 is 0. The molecule has 0 heterocycles. The van der Waals surface area contributed by atoms with Crippen LogP contribution in [0, 0.1) is 17.3 Å². The van der Waals surface area contributed by atoms with Crippen LogP contribution in [0.5, 0.6) is 0 Å². The molecule has 2 aliphatic rings. The highest BCUT2D eigenvalue weighted by Gasteiger charge is 2.47. The Morgan fingerprint density at radius 3 is 2.08 bits per heavy atom. The largest absolute Gasteiger partial charge is 0.481 e. The first kappa shape index (κ1) is 9.04. The Bertz CT molecular complexity index is 208. The zero-order valence-corrected chi connectivity index (χ0v) is 8.25. The van der Waals surface area contributed by atoms with Gasteiger partial charge in [0.25, 0.3) is 0 Å². The molecule has 0 bridgehead atoms. The van der Waals surface area contributed by atoms with E-state index < -0.39 is 11.4 Å². The molecule has 2 unspecified atom stereocenters. The lowest BCUT2D eigenvalue weighted by Crippen LogP contribution is -2.24. The maximum absolute atomic E-state index is 11.1. The molecule has 0 aromatic carbocycles. The lowest BCUT2D eigenvalue weighted by molar-refractivity contribution is -0.147. The third kappa shape index (κ3) is 1.47. The number of hydrogen-bond acceptors (Lipinski definition) is 1. The van der Waals surface area contributed by atoms with Gasteiger partial charge < -0.3 is 5.11 Å². The van der Waals surface area contributed by atoms with Gasteiger partial charge in [0.05, 0.1) is 5.41 Å². The van der Waals surface area contributed by atoms with E-state index >= 15 is 0 Å². The number of carboxylic acid groups (broad SMARTS) is 1. The zero-order chi connectivity index (χ0) is 9.47. The van der Waals surface area contributed by atoms with Crippen molar-refractivity contribution in [3.63, 3.8) is 0 Å². The first-order chi connectivity index (χ1) is 6.12. The minimum Gasteiger partial charge on any atom is -0.481 e. The average molecular weight is 182 g/mol. The van der Waals surface area contributed by atoms with Crippen LogP contribution in [0.15, 0.2) is 0 Å². The van der Waals surface area contributed by atoms with Crippen molar-refractivity contribution in [1.82, 2.24) is 0 Å². The summed E-state index contributed by atoms with van der Waals surface area (Å²) in [5, 5.41) is 9.12. The van der Waals surface area contributed by atoms with Gasteiger partial charge in [-0.05, 0) is 31.6 Å². The third-order valence-corrected chi connectivity index (χ3v) is 4.01. The molecule has 0 saturated heterocycles. The summed E-state index contributed by atoms with van der Waals surface area (Å²) in [5.41, 5.74) is -0.403. The summed E-state index contributed by atoms with van der Waals surface area (Å²) >= 11 is 0. The Kier molecular flexibility index (Phi) is 2.09. The van der Waals surface area contributed by atoms with Gasteiger partial charge in [-0.25, -0.2) is 0 Å². The molecule has 13 heavy (non-hydrogen) atoms. The summed E-state index contributed by atoms with van der Waals surface area (Å²) in [6.45, 7) is 1.92. The second-order valence-corrected chi connectivity index (χ2v) is 5.08. The van der Waals surface area contributed by atoms with Gasteiger partial charge in [-0.1, -0.05) is 25.7 Å². The molecular formula is C11H18O2. The molecule has 2 rings (SSSR count). The van der Waals surface area contributed by atoms with E-state index in [1.807, 2.05) is 6.92 Å². The molecule has 2 heteroatoms. The Morgan fingerprint density at radius 1 is 1.23 bits per heavy atom. The van der Waals surface area contributed by atoms with Crippen LogP contribution in [-0.4, -0.2) is 11.1 Å². The van der Waals surface area contributed by atoms with Gasteiger partial charge in [0.1, 0.15) is 0 Å². The maximum Gasteiger partial charge on any atom is 0.309 e. The van der Waals surface area contributed by atoms with Crippen LogP contribution in [0.1, 0.15) is 45.4 Å². The van der Waals surface area contributed by atoms with Crippen molar-refractivity contribution in [2.45, 2.75) is 45.4 Å². The monoisotopic (exact) mass is 182 g/mol. The number of hydrogen-bond donors (Lipinski definition) is 1. The van der Waals surface area contributed by atoms with Gasteiger partial charge in [0.15, 0.2) is 0 Å². The summed E-state index contributed by atoms with van der Waals surface area (Å²) in [7, 11) is 0. The minimum atomic E-state index is -0.582. The summed E-state index contributed by atoms with van der Waals surface area (Å²) in [6.07, 6.45) is 7.02. The molecule has 0 amide bonds. The van der Waals surface area contributed by atoms with E-state index in [-0.39, 0.29) is 0 Å². The molecule has 2 aliphatic carbocycles. The van der Waals surface area contributed by atoms with Crippen LogP contribution in [-0.2, 0) is 4.79 Å². The first-order valence-corrected chi connectivity index (χ1v) is 5.35. The highest BCUT2D eigenvalue weighted by molar-refractivity contribution is 5.74. The molecule has 0 aromatic rings. The smallest absolute Gasteiger partial charge is 0.309 e. The fraction of sp³-hybridized carbons (Fsp3) is 0.909. The predicted octanol–water partition coefficient (Wildman–Crippen LogP) is 2.68. The van der Waals surface area contributed by atoms with Crippen LogP contribution in [0.4, 0.5) is 0 Å². The van der Waals surface area contributed by atoms with Gasteiger partial charge >= 0.3 is 5.97 Å². The van der Waals surface area contributed by atoms with Gasteiger partial charge in [-0.3, -0.25) is 4.79 Å². The standard InChI is InChI=1S/C11H18O2/c1-11(10(12)13)6-8-4-2-3-5-9(8)7-11/h8-9H,2-7H2,1H3,(H,12,13). The lowest BCUT2D eigenvalue weighted by atomic mass is 9.82. The number of rotatable bonds is 1. The van der Waals surface area contributed by atoms with Crippen molar-refractivity contribution in [3.8, 4) is 0 Å². The molecular weight excluding hydrogens is 164 g/mol. The van der Waals surface area contributed by atoms with Crippen molar-refractivity contribution in [2.24, 2.45) is 17.3 Å². The highest BCUT2D eigenvalue weighted by atomic mass is 16.4. The van der Waals surface area contributed by atoms with E-state index in [1.54, 1.807) is 0 Å². The van der Waals surface area contributed by atoms with E-state index in [0.29, 0.717) is 0 Å². The van der Waals surface area contributed by atoms with E-state index in [9.17, 15) is 4.79 Å². The molecule has 2 atom stereocenters. The predicted molar refractivity (Wildman–Crippen MR) is 50.4 cm³/mol. The van der Waals surface area contributed by atoms with E-state index in [2.05, 4.69) is 0 Å². The molecule has 74 valence electrons. The van der Waals surface area contributed by atoms with Crippen molar-refractivity contribution in [1.29, 1.82) is 0 Å². The van der Waals surface area contributed by atoms with Crippen molar-refractivity contribution >= 4 is 5.97 Å². The van der Waals surface area contributed by atoms with Crippen molar-refractivity contribution in [3.05, 3.63) is 0 Å². The minimum absolute atomic E-state index is 0.403. The molecule has 2 nitrogen and oxygen atoms in total. The van der Waals surface area contributed by atoms with Gasteiger partial charge in [-0.2, -0.15) is 0 Å². The summed E-state index contributed by atoms with van der Waals surface area (Å²) in [4.78, 5) is 11.1. The SMILES string of the molecule is CC1(C(=O)O)CC2CCCCC2C1. The van der Waals surface area contributed by atoms with Gasteiger partial charge in [0, 0.05) is 0 Å². The highest BCUT2D eigenvalue weighted by Crippen LogP contribution is 2.51. The Morgan fingerprint density at radius 2 is 1.69 bits per heavy atom. The van der Waals surface area contributed by atoms with Crippen LogP contribution < -0.4 is 0 Å². The van der Waals surface area contributed by atoms with Gasteiger partial charge in [-0.15, -0.1) is 0 Å². The molecule has 0 radical (unpaired) electrons. The van der Waals surface area contributed by atoms with E-state index in [0.717, 1.165) is 24.7 Å². The number of fused-ring (bicyclic) bond motifs is 1. The van der Waals surface area contributed by atoms with E-state index in [4.69, 9.17) is 5.11 Å². The average Bonchev–Trinajstić information content (AvgIpc) is 2.42. The number of carbonyl (C=O) groups is 1. The molecule has 0 aromatic heterocycles. The molecule has 0 aliphatic heterocycles. The fourth-order valence-corrected chi connectivity index (χ4v) is 3.24. The molecule has 1 N–H and O–H groups in total. The Balaban J connectivity index is 2.10. The van der Waals surface area contributed by atoms with Gasteiger partial charge in [0.2, 0.25) is 0 Å². The summed E-state index contributed by atoms with van der Waals surface area (Å²) in [5.74, 6) is 0.853. The second-order valence-electron chi connectivity index (χ2n) is 5.08. The molecule has 2 fully saturated rings. The van der Waals surface area contributed by atoms with Crippen LogP contribution in [0.25, 0.3) is 0 Å². The van der Waals surface area contributed by atoms with Crippen LogP contribution >= 0.6 is 0 Å². The second kappa shape index (κ2) is 3.00. The normalized spacial score (nSPS) is 44.4. The van der Waals surface area contributed by atoms with Crippen molar-refractivity contribution in [2.75, 3.05) is 0 Å². The summed E-state index contributed by atoms with van der Waals surface area (Å²) in [6, 6.07) is 0. The topological polar surface area (TPSA) is 37.3 Å².